The van der Waals surface area contributed by atoms with Crippen LogP contribution < -0.4 is 0 Å². The molecule has 1 aromatic carbocycles. The molecule has 0 amide bonds. The van der Waals surface area contributed by atoms with Gasteiger partial charge in [-0.15, -0.1) is 0 Å². The highest BCUT2D eigenvalue weighted by Crippen LogP contribution is 2.29. The molecule has 0 aliphatic carbocycles. The third kappa shape index (κ3) is 3.03. The lowest BCUT2D eigenvalue weighted by atomic mass is 10.1. The van der Waals surface area contributed by atoms with Crippen LogP contribution in [0.25, 0.3) is 0 Å². The topological polar surface area (TPSA) is 38.1 Å². The van der Waals surface area contributed by atoms with E-state index in [1.54, 1.807) is 6.07 Å². The van der Waals surface area contributed by atoms with Crippen LogP contribution in [-0.2, 0) is 19.1 Å². The summed E-state index contributed by atoms with van der Waals surface area (Å²) in [7, 11) is 0. The Morgan fingerprint density at radius 1 is 1.28 bits per heavy atom. The van der Waals surface area contributed by atoms with Gasteiger partial charge in [-0.05, 0) is 18.1 Å². The number of nitrogens with zero attached hydrogens (tertiary/aromatic N) is 2. The predicted molar refractivity (Wildman–Crippen MR) is 59.0 cm³/mol. The third-order valence-corrected chi connectivity index (χ3v) is 2.50. The second-order valence-electron chi connectivity index (χ2n) is 3.91. The predicted octanol–water partition coefficient (Wildman–Crippen LogP) is 2.85. The van der Waals surface area contributed by atoms with E-state index in [0.29, 0.717) is 18.5 Å². The van der Waals surface area contributed by atoms with E-state index in [1.165, 1.54) is 23.1 Å². The van der Waals surface area contributed by atoms with Crippen LogP contribution >= 0.6 is 0 Å². The molecule has 6 heteroatoms. The number of halogens is 3. The molecule has 0 bridgehead atoms. The largest absolute Gasteiger partial charge is 0.505 e. The third-order valence-electron chi connectivity index (χ3n) is 2.50. The molecule has 0 aliphatic heterocycles. The average molecular weight is 256 g/mol. The van der Waals surface area contributed by atoms with Crippen molar-refractivity contribution in [2.45, 2.75) is 19.1 Å². The lowest BCUT2D eigenvalue weighted by Gasteiger charge is -2.08. The molecule has 2 aromatic rings. The first-order chi connectivity index (χ1) is 8.45. The van der Waals surface area contributed by atoms with Gasteiger partial charge in [0.1, 0.15) is 0 Å². The van der Waals surface area contributed by atoms with E-state index < -0.39 is 11.7 Å². The lowest BCUT2D eigenvalue weighted by molar-refractivity contribution is -0.137. The Kier molecular flexibility index (Phi) is 3.27. The maximum Gasteiger partial charge on any atom is 0.416 e. The van der Waals surface area contributed by atoms with E-state index >= 15 is 0 Å². The first-order valence-electron chi connectivity index (χ1n) is 5.33. The molecule has 0 radical (unpaired) electrons. The highest BCUT2D eigenvalue weighted by molar-refractivity contribution is 5.25. The summed E-state index contributed by atoms with van der Waals surface area (Å²) in [6.07, 6.45) is -1.19. The van der Waals surface area contributed by atoms with E-state index in [1.807, 2.05) is 0 Å². The van der Waals surface area contributed by atoms with Gasteiger partial charge in [0.05, 0.1) is 18.0 Å². The number of hydrogen-bond donors (Lipinski definition) is 1. The molecule has 18 heavy (non-hydrogen) atoms. The second kappa shape index (κ2) is 4.72. The van der Waals surface area contributed by atoms with Crippen molar-refractivity contribution in [2.24, 2.45) is 0 Å². The molecule has 1 aromatic heterocycles. The number of aryl methyl sites for hydroxylation is 2. The van der Waals surface area contributed by atoms with Crippen LogP contribution in [0.4, 0.5) is 13.2 Å². The highest BCUT2D eigenvalue weighted by atomic mass is 19.4. The van der Waals surface area contributed by atoms with Crippen molar-refractivity contribution in [3.05, 3.63) is 47.8 Å². The van der Waals surface area contributed by atoms with E-state index in [9.17, 15) is 13.2 Å². The van der Waals surface area contributed by atoms with Crippen LogP contribution in [0.2, 0.25) is 0 Å². The smallest absolute Gasteiger partial charge is 0.416 e. The molecule has 0 spiro atoms. The fourth-order valence-corrected chi connectivity index (χ4v) is 1.62. The summed E-state index contributed by atoms with van der Waals surface area (Å²) in [4.78, 5) is 0. The van der Waals surface area contributed by atoms with Gasteiger partial charge >= 0.3 is 6.18 Å². The van der Waals surface area contributed by atoms with Crippen LogP contribution in [0.5, 0.6) is 5.75 Å². The SMILES string of the molecule is Oc1cnn(CCc2cccc(C(F)(F)F)c2)c1. The Morgan fingerprint density at radius 2 is 2.06 bits per heavy atom. The summed E-state index contributed by atoms with van der Waals surface area (Å²) in [5.74, 6) is 0.0408. The van der Waals surface area contributed by atoms with Crippen LogP contribution in [0.1, 0.15) is 11.1 Å². The standard InChI is InChI=1S/C12H11F3N2O/c13-12(14,15)10-3-1-2-9(6-10)4-5-17-8-11(18)7-16-17/h1-3,6-8,18H,4-5H2. The van der Waals surface area contributed by atoms with E-state index in [-0.39, 0.29) is 5.75 Å². The Balaban J connectivity index is 2.06. The van der Waals surface area contributed by atoms with Gasteiger partial charge in [0, 0.05) is 6.54 Å². The summed E-state index contributed by atoms with van der Waals surface area (Å²) < 4.78 is 38.9. The molecule has 0 fully saturated rings. The van der Waals surface area contributed by atoms with Crippen molar-refractivity contribution in [2.75, 3.05) is 0 Å². The van der Waals surface area contributed by atoms with E-state index in [4.69, 9.17) is 5.11 Å². The van der Waals surface area contributed by atoms with E-state index in [0.717, 1.165) is 12.1 Å². The molecular formula is C12H11F3N2O. The zero-order valence-electron chi connectivity index (χ0n) is 9.35. The molecule has 2 rings (SSSR count). The molecule has 1 N–H and O–H groups in total. The van der Waals surface area contributed by atoms with Crippen molar-refractivity contribution in [3.63, 3.8) is 0 Å². The fraction of sp³-hybridized carbons (Fsp3) is 0.250. The van der Waals surface area contributed by atoms with Crippen LogP contribution in [0.15, 0.2) is 36.7 Å². The minimum absolute atomic E-state index is 0.0408. The normalized spacial score (nSPS) is 11.7. The number of alkyl halides is 3. The quantitative estimate of drug-likeness (QED) is 0.917. The zero-order valence-corrected chi connectivity index (χ0v) is 9.35. The van der Waals surface area contributed by atoms with Crippen molar-refractivity contribution < 1.29 is 18.3 Å². The molecule has 0 atom stereocenters. The van der Waals surface area contributed by atoms with Crippen molar-refractivity contribution in [1.82, 2.24) is 9.78 Å². The minimum atomic E-state index is -4.32. The number of aromatic nitrogens is 2. The summed E-state index contributed by atoms with van der Waals surface area (Å²) in [5.41, 5.74) is -0.0665. The molecule has 96 valence electrons. The van der Waals surface area contributed by atoms with E-state index in [2.05, 4.69) is 5.10 Å². The summed E-state index contributed by atoms with van der Waals surface area (Å²) in [6.45, 7) is 0.419. The van der Waals surface area contributed by atoms with Gasteiger partial charge in [-0.1, -0.05) is 18.2 Å². The van der Waals surface area contributed by atoms with Gasteiger partial charge in [0.15, 0.2) is 5.75 Å². The Bertz CT molecular complexity index is 534. The first-order valence-corrected chi connectivity index (χ1v) is 5.33. The Labute approximate surface area is 101 Å². The van der Waals surface area contributed by atoms with Gasteiger partial charge in [-0.2, -0.15) is 18.3 Å². The minimum Gasteiger partial charge on any atom is -0.505 e. The zero-order chi connectivity index (χ0) is 13.2. The summed E-state index contributed by atoms with van der Waals surface area (Å²) in [6, 6.07) is 5.20. The average Bonchev–Trinajstić information content (AvgIpc) is 2.72. The molecule has 0 unspecified atom stereocenters. The Hall–Kier alpha value is -1.98. The van der Waals surface area contributed by atoms with Gasteiger partial charge in [-0.25, -0.2) is 0 Å². The second-order valence-corrected chi connectivity index (χ2v) is 3.91. The van der Waals surface area contributed by atoms with Gasteiger partial charge in [0.25, 0.3) is 0 Å². The number of benzene rings is 1. The highest BCUT2D eigenvalue weighted by Gasteiger charge is 2.30. The number of aromatic hydroxyl groups is 1. The fourth-order valence-electron chi connectivity index (χ4n) is 1.62. The monoisotopic (exact) mass is 256 g/mol. The maximum atomic E-state index is 12.5. The molecule has 0 aliphatic rings. The van der Waals surface area contributed by atoms with Crippen LogP contribution in [-0.4, -0.2) is 14.9 Å². The number of rotatable bonds is 3. The summed E-state index contributed by atoms with van der Waals surface area (Å²) >= 11 is 0. The van der Waals surface area contributed by atoms with Crippen molar-refractivity contribution in [3.8, 4) is 5.75 Å². The summed E-state index contributed by atoms with van der Waals surface area (Å²) in [5, 5.41) is 12.9. The maximum absolute atomic E-state index is 12.5. The van der Waals surface area contributed by atoms with Crippen LogP contribution in [0, 0.1) is 0 Å². The Morgan fingerprint density at radius 3 is 2.67 bits per heavy atom. The van der Waals surface area contributed by atoms with Crippen molar-refractivity contribution in [1.29, 1.82) is 0 Å². The molecule has 0 saturated carbocycles. The van der Waals surface area contributed by atoms with Crippen molar-refractivity contribution >= 4 is 0 Å². The molecular weight excluding hydrogens is 245 g/mol. The molecule has 1 heterocycles. The van der Waals surface area contributed by atoms with Gasteiger partial charge in [0.2, 0.25) is 0 Å². The lowest BCUT2D eigenvalue weighted by Crippen LogP contribution is -2.06. The van der Waals surface area contributed by atoms with Gasteiger partial charge in [-0.3, -0.25) is 4.68 Å². The van der Waals surface area contributed by atoms with Gasteiger partial charge < -0.3 is 5.11 Å². The number of hydrogen-bond acceptors (Lipinski definition) is 2. The van der Waals surface area contributed by atoms with Crippen LogP contribution in [0.3, 0.4) is 0 Å². The molecule has 3 nitrogen and oxygen atoms in total. The molecule has 0 saturated heterocycles. The first kappa shape index (κ1) is 12.5.